The average molecular weight is 213 g/mol. The minimum absolute atomic E-state index is 0.385. The Morgan fingerprint density at radius 2 is 2.43 bits per heavy atom. The van der Waals surface area contributed by atoms with Gasteiger partial charge in [-0.3, -0.25) is 0 Å². The van der Waals surface area contributed by atoms with Crippen LogP contribution >= 0.6 is 11.3 Å². The number of nitrogens with one attached hydrogen (secondary N) is 1. The van der Waals surface area contributed by atoms with E-state index in [0.29, 0.717) is 11.6 Å². The Morgan fingerprint density at radius 3 is 2.93 bits per heavy atom. The first-order valence-electron chi connectivity index (χ1n) is 4.67. The Kier molecular flexibility index (Phi) is 4.10. The van der Waals surface area contributed by atoms with Gasteiger partial charge < -0.3 is 10.4 Å². The molecule has 0 aliphatic heterocycles. The zero-order valence-corrected chi connectivity index (χ0v) is 9.23. The molecule has 1 atom stereocenters. The van der Waals surface area contributed by atoms with Gasteiger partial charge in [0.2, 0.25) is 0 Å². The van der Waals surface area contributed by atoms with Gasteiger partial charge >= 0.3 is 5.97 Å². The number of aromatic carboxylic acids is 1. The molecule has 14 heavy (non-hydrogen) atoms. The second-order valence-corrected chi connectivity index (χ2v) is 4.29. The third-order valence-electron chi connectivity index (χ3n) is 2.14. The zero-order valence-electron chi connectivity index (χ0n) is 8.41. The molecular formula is C10H15NO2S. The quantitative estimate of drug-likeness (QED) is 0.789. The van der Waals surface area contributed by atoms with Crippen LogP contribution < -0.4 is 5.32 Å². The second kappa shape index (κ2) is 5.12. The van der Waals surface area contributed by atoms with Gasteiger partial charge in [0.05, 0.1) is 5.56 Å². The van der Waals surface area contributed by atoms with Crippen molar-refractivity contribution in [2.45, 2.75) is 32.9 Å². The molecule has 1 aromatic heterocycles. The van der Waals surface area contributed by atoms with E-state index in [1.807, 2.05) is 0 Å². The van der Waals surface area contributed by atoms with E-state index in [-0.39, 0.29) is 0 Å². The molecule has 0 aliphatic carbocycles. The van der Waals surface area contributed by atoms with Gasteiger partial charge in [0.15, 0.2) is 0 Å². The van der Waals surface area contributed by atoms with Crippen LogP contribution in [0.3, 0.4) is 0 Å². The normalized spacial score (nSPS) is 12.7. The molecule has 0 fully saturated rings. The van der Waals surface area contributed by atoms with Gasteiger partial charge in [-0.25, -0.2) is 4.79 Å². The predicted octanol–water partition coefficient (Wildman–Crippen LogP) is 2.33. The first kappa shape index (κ1) is 11.2. The molecule has 0 aromatic carbocycles. The largest absolute Gasteiger partial charge is 0.478 e. The van der Waals surface area contributed by atoms with Crippen LogP contribution in [0.2, 0.25) is 0 Å². The van der Waals surface area contributed by atoms with Crippen LogP contribution in [0.4, 0.5) is 0 Å². The predicted molar refractivity (Wildman–Crippen MR) is 57.9 cm³/mol. The summed E-state index contributed by atoms with van der Waals surface area (Å²) in [4.78, 5) is 11.7. The number of carboxylic acid groups (broad SMARTS) is 1. The smallest absolute Gasteiger partial charge is 0.336 e. The highest BCUT2D eigenvalue weighted by atomic mass is 32.1. The van der Waals surface area contributed by atoms with Crippen LogP contribution in [0.15, 0.2) is 11.4 Å². The number of carboxylic acids is 1. The Hall–Kier alpha value is -0.870. The summed E-state index contributed by atoms with van der Waals surface area (Å²) in [5.74, 6) is -0.851. The Bertz CT molecular complexity index is 309. The number of rotatable bonds is 5. The molecule has 0 saturated carbocycles. The third kappa shape index (κ3) is 3.12. The van der Waals surface area contributed by atoms with Gasteiger partial charge in [0.1, 0.15) is 0 Å². The topological polar surface area (TPSA) is 49.3 Å². The van der Waals surface area contributed by atoms with Crippen LogP contribution in [-0.4, -0.2) is 17.1 Å². The summed E-state index contributed by atoms with van der Waals surface area (Å²) in [7, 11) is 0. The highest BCUT2D eigenvalue weighted by Crippen LogP contribution is 2.14. The number of hydrogen-bond acceptors (Lipinski definition) is 3. The fraction of sp³-hybridized carbons (Fsp3) is 0.500. The summed E-state index contributed by atoms with van der Waals surface area (Å²) in [5, 5.41) is 13.7. The van der Waals surface area contributed by atoms with Crippen molar-refractivity contribution >= 4 is 17.3 Å². The van der Waals surface area contributed by atoms with Crippen LogP contribution in [0.1, 0.15) is 35.5 Å². The van der Waals surface area contributed by atoms with Gasteiger partial charge in [-0.2, -0.15) is 0 Å². The average Bonchev–Trinajstić information content (AvgIpc) is 2.62. The van der Waals surface area contributed by atoms with Crippen molar-refractivity contribution in [1.82, 2.24) is 5.32 Å². The lowest BCUT2D eigenvalue weighted by molar-refractivity contribution is 0.0697. The first-order chi connectivity index (χ1) is 6.63. The van der Waals surface area contributed by atoms with Crippen LogP contribution in [0.25, 0.3) is 0 Å². The molecule has 0 radical (unpaired) electrons. The molecule has 1 rings (SSSR count). The summed E-state index contributed by atoms with van der Waals surface area (Å²) in [5.41, 5.74) is 0.385. The van der Waals surface area contributed by atoms with Gasteiger partial charge in [-0.15, -0.1) is 11.3 Å². The molecule has 3 nitrogen and oxygen atoms in total. The van der Waals surface area contributed by atoms with Gasteiger partial charge in [-0.1, -0.05) is 6.92 Å². The summed E-state index contributed by atoms with van der Waals surface area (Å²) in [6.07, 6.45) is 1.08. The molecule has 0 bridgehead atoms. The standard InChI is InChI=1S/C10H15NO2S/c1-3-7(2)11-5-9-4-8(6-14-9)10(12)13/h4,6-7,11H,3,5H2,1-2H3,(H,12,13). The van der Waals surface area contributed by atoms with E-state index in [1.54, 1.807) is 11.4 Å². The van der Waals surface area contributed by atoms with Gasteiger partial charge in [0.25, 0.3) is 0 Å². The molecule has 2 N–H and O–H groups in total. The molecule has 0 spiro atoms. The van der Waals surface area contributed by atoms with Gasteiger partial charge in [-0.05, 0) is 19.4 Å². The molecule has 78 valence electrons. The van der Waals surface area contributed by atoms with Crippen molar-refractivity contribution in [3.05, 3.63) is 21.9 Å². The van der Waals surface area contributed by atoms with E-state index < -0.39 is 5.97 Å². The maximum Gasteiger partial charge on any atom is 0.336 e. The molecule has 4 heteroatoms. The van der Waals surface area contributed by atoms with E-state index in [0.717, 1.165) is 17.8 Å². The van der Waals surface area contributed by atoms with E-state index in [2.05, 4.69) is 19.2 Å². The lowest BCUT2D eigenvalue weighted by Crippen LogP contribution is -2.23. The van der Waals surface area contributed by atoms with Crippen molar-refractivity contribution in [1.29, 1.82) is 0 Å². The zero-order chi connectivity index (χ0) is 10.6. The van der Waals surface area contributed by atoms with E-state index >= 15 is 0 Å². The third-order valence-corrected chi connectivity index (χ3v) is 3.07. The molecule has 0 amide bonds. The lowest BCUT2D eigenvalue weighted by Gasteiger charge is -2.09. The summed E-state index contributed by atoms with van der Waals surface area (Å²) >= 11 is 1.49. The maximum atomic E-state index is 10.6. The summed E-state index contributed by atoms with van der Waals surface area (Å²) < 4.78 is 0. The van der Waals surface area contributed by atoms with E-state index in [9.17, 15) is 4.79 Å². The minimum Gasteiger partial charge on any atom is -0.478 e. The van der Waals surface area contributed by atoms with Crippen molar-refractivity contribution in [2.75, 3.05) is 0 Å². The molecular weight excluding hydrogens is 198 g/mol. The van der Waals surface area contributed by atoms with Crippen molar-refractivity contribution in [3.63, 3.8) is 0 Å². The summed E-state index contributed by atoms with van der Waals surface area (Å²) in [6, 6.07) is 2.20. The van der Waals surface area contributed by atoms with E-state index in [4.69, 9.17) is 5.11 Å². The SMILES string of the molecule is CCC(C)NCc1cc(C(=O)O)cs1. The molecule has 0 aliphatic rings. The summed E-state index contributed by atoms with van der Waals surface area (Å²) in [6.45, 7) is 4.99. The van der Waals surface area contributed by atoms with E-state index in [1.165, 1.54) is 11.3 Å². The number of thiophene rings is 1. The van der Waals surface area contributed by atoms with Crippen LogP contribution in [0, 0.1) is 0 Å². The van der Waals surface area contributed by atoms with Crippen LogP contribution in [-0.2, 0) is 6.54 Å². The van der Waals surface area contributed by atoms with Crippen molar-refractivity contribution < 1.29 is 9.90 Å². The highest BCUT2D eigenvalue weighted by Gasteiger charge is 2.06. The molecule has 1 unspecified atom stereocenters. The fourth-order valence-corrected chi connectivity index (χ4v) is 1.81. The Morgan fingerprint density at radius 1 is 1.71 bits per heavy atom. The maximum absolute atomic E-state index is 10.6. The molecule has 0 saturated heterocycles. The second-order valence-electron chi connectivity index (χ2n) is 3.30. The minimum atomic E-state index is -0.851. The molecule has 1 aromatic rings. The Labute approximate surface area is 87.8 Å². The number of carbonyl (C=O) groups is 1. The fourth-order valence-electron chi connectivity index (χ4n) is 1.00. The number of hydrogen-bond donors (Lipinski definition) is 2. The van der Waals surface area contributed by atoms with Crippen LogP contribution in [0.5, 0.6) is 0 Å². The molecule has 1 heterocycles. The van der Waals surface area contributed by atoms with Crippen molar-refractivity contribution in [2.24, 2.45) is 0 Å². The Balaban J connectivity index is 2.48. The highest BCUT2D eigenvalue weighted by molar-refractivity contribution is 7.10. The lowest BCUT2D eigenvalue weighted by atomic mass is 10.2. The monoisotopic (exact) mass is 213 g/mol. The van der Waals surface area contributed by atoms with Crippen molar-refractivity contribution in [3.8, 4) is 0 Å². The first-order valence-corrected chi connectivity index (χ1v) is 5.55. The van der Waals surface area contributed by atoms with Gasteiger partial charge in [0, 0.05) is 22.8 Å².